The smallest absolute Gasteiger partial charge is 0.0637 e. The van der Waals surface area contributed by atoms with Crippen LogP contribution in [-0.2, 0) is 11.3 Å². The number of likely N-dealkylation sites (N-methyl/N-ethyl adjacent to an activating group) is 1. The second-order valence-corrected chi connectivity index (χ2v) is 5.41. The predicted molar refractivity (Wildman–Crippen MR) is 81.1 cm³/mol. The third-order valence-corrected chi connectivity index (χ3v) is 3.86. The molecular formula is C15H23ClN2O. The van der Waals surface area contributed by atoms with Gasteiger partial charge in [-0.25, -0.2) is 0 Å². The van der Waals surface area contributed by atoms with Gasteiger partial charge in [-0.3, -0.25) is 0 Å². The lowest BCUT2D eigenvalue weighted by Crippen LogP contribution is -2.26. The van der Waals surface area contributed by atoms with Crippen LogP contribution in [0.4, 0.5) is 5.69 Å². The Labute approximate surface area is 120 Å². The largest absolute Gasteiger partial charge is 0.383 e. The van der Waals surface area contributed by atoms with Gasteiger partial charge >= 0.3 is 0 Å². The Bertz CT molecular complexity index is 407. The molecule has 2 rings (SSSR count). The van der Waals surface area contributed by atoms with Crippen molar-refractivity contribution in [1.82, 2.24) is 5.32 Å². The number of halogens is 1. The molecule has 1 aliphatic rings. The van der Waals surface area contributed by atoms with Crippen molar-refractivity contribution < 1.29 is 4.74 Å². The first kappa shape index (κ1) is 14.6. The maximum atomic E-state index is 6.37. The average molecular weight is 283 g/mol. The van der Waals surface area contributed by atoms with E-state index in [0.29, 0.717) is 6.04 Å². The van der Waals surface area contributed by atoms with Crippen LogP contribution < -0.4 is 10.2 Å². The summed E-state index contributed by atoms with van der Waals surface area (Å²) in [5, 5.41) is 4.34. The fourth-order valence-electron chi connectivity index (χ4n) is 2.09. The molecule has 0 atom stereocenters. The minimum Gasteiger partial charge on any atom is -0.383 e. The first-order valence-corrected chi connectivity index (χ1v) is 7.38. The number of nitrogens with zero attached hydrogens (tertiary/aromatic N) is 1. The van der Waals surface area contributed by atoms with E-state index in [1.165, 1.54) is 24.1 Å². The standard InChI is InChI=1S/C15H23ClN2O/c1-3-18(8-9-19-2)14-7-4-12(15(16)10-14)11-17-13-5-6-13/h4,7,10,13,17H,3,5-6,8-9,11H2,1-2H3. The van der Waals surface area contributed by atoms with Crippen LogP contribution in [0.2, 0.25) is 5.02 Å². The first-order valence-electron chi connectivity index (χ1n) is 7.00. The maximum Gasteiger partial charge on any atom is 0.0637 e. The van der Waals surface area contributed by atoms with Crippen LogP contribution >= 0.6 is 11.6 Å². The van der Waals surface area contributed by atoms with Crippen LogP contribution in [0.5, 0.6) is 0 Å². The van der Waals surface area contributed by atoms with E-state index in [0.717, 1.165) is 31.3 Å². The summed E-state index contributed by atoms with van der Waals surface area (Å²) >= 11 is 6.37. The van der Waals surface area contributed by atoms with Gasteiger partial charge in [0.15, 0.2) is 0 Å². The number of ether oxygens (including phenoxy) is 1. The predicted octanol–water partition coefficient (Wildman–Crippen LogP) is 3.06. The zero-order valence-corrected chi connectivity index (χ0v) is 12.5. The van der Waals surface area contributed by atoms with Gasteiger partial charge in [0.05, 0.1) is 6.61 Å². The van der Waals surface area contributed by atoms with Crippen molar-refractivity contribution in [2.75, 3.05) is 31.7 Å². The molecule has 106 valence electrons. The van der Waals surface area contributed by atoms with Crippen LogP contribution in [0.1, 0.15) is 25.3 Å². The van der Waals surface area contributed by atoms with Gasteiger partial charge in [0.1, 0.15) is 0 Å². The molecule has 0 unspecified atom stereocenters. The molecule has 4 heteroatoms. The van der Waals surface area contributed by atoms with Gasteiger partial charge in [-0.2, -0.15) is 0 Å². The van der Waals surface area contributed by atoms with Gasteiger partial charge in [0, 0.05) is 43.5 Å². The fraction of sp³-hybridized carbons (Fsp3) is 0.600. The second-order valence-electron chi connectivity index (χ2n) is 5.00. The molecule has 0 saturated heterocycles. The summed E-state index contributed by atoms with van der Waals surface area (Å²) in [5.74, 6) is 0. The zero-order chi connectivity index (χ0) is 13.7. The highest BCUT2D eigenvalue weighted by molar-refractivity contribution is 6.31. The Morgan fingerprint density at radius 2 is 2.21 bits per heavy atom. The highest BCUT2D eigenvalue weighted by Gasteiger charge is 2.20. The third kappa shape index (κ3) is 4.37. The summed E-state index contributed by atoms with van der Waals surface area (Å²) < 4.78 is 5.14. The molecule has 0 radical (unpaired) electrons. The van der Waals surface area contributed by atoms with E-state index >= 15 is 0 Å². The van der Waals surface area contributed by atoms with Crippen LogP contribution in [0.25, 0.3) is 0 Å². The lowest BCUT2D eigenvalue weighted by molar-refractivity contribution is 0.205. The molecule has 1 N–H and O–H groups in total. The van der Waals surface area contributed by atoms with E-state index in [2.05, 4.69) is 35.3 Å². The van der Waals surface area contributed by atoms with Crippen molar-refractivity contribution >= 4 is 17.3 Å². The second kappa shape index (κ2) is 7.13. The van der Waals surface area contributed by atoms with Crippen molar-refractivity contribution in [2.45, 2.75) is 32.4 Å². The molecule has 0 bridgehead atoms. The number of nitrogens with one attached hydrogen (secondary N) is 1. The van der Waals surface area contributed by atoms with Gasteiger partial charge < -0.3 is 15.0 Å². The summed E-state index contributed by atoms with van der Waals surface area (Å²) in [6.45, 7) is 5.60. The third-order valence-electron chi connectivity index (χ3n) is 3.51. The number of methoxy groups -OCH3 is 1. The first-order chi connectivity index (χ1) is 9.24. The Kier molecular flexibility index (Phi) is 5.49. The Morgan fingerprint density at radius 1 is 1.42 bits per heavy atom. The summed E-state index contributed by atoms with van der Waals surface area (Å²) in [6.07, 6.45) is 2.60. The monoisotopic (exact) mass is 282 g/mol. The highest BCUT2D eigenvalue weighted by Crippen LogP contribution is 2.25. The van der Waals surface area contributed by atoms with Crippen molar-refractivity contribution in [3.05, 3.63) is 28.8 Å². The van der Waals surface area contributed by atoms with Gasteiger partial charge in [0.25, 0.3) is 0 Å². The van der Waals surface area contributed by atoms with Crippen LogP contribution in [-0.4, -0.2) is 32.8 Å². The molecule has 1 aliphatic carbocycles. The minimum absolute atomic E-state index is 0.713. The fourth-order valence-corrected chi connectivity index (χ4v) is 2.33. The van der Waals surface area contributed by atoms with Gasteiger partial charge in [-0.1, -0.05) is 17.7 Å². The van der Waals surface area contributed by atoms with E-state index in [4.69, 9.17) is 16.3 Å². The molecule has 3 nitrogen and oxygen atoms in total. The topological polar surface area (TPSA) is 24.5 Å². The number of hydrogen-bond acceptors (Lipinski definition) is 3. The van der Waals surface area contributed by atoms with Crippen molar-refractivity contribution in [1.29, 1.82) is 0 Å². The molecule has 0 aromatic heterocycles. The zero-order valence-electron chi connectivity index (χ0n) is 11.8. The minimum atomic E-state index is 0.713. The number of benzene rings is 1. The van der Waals surface area contributed by atoms with Crippen molar-refractivity contribution in [2.24, 2.45) is 0 Å². The summed E-state index contributed by atoms with van der Waals surface area (Å²) in [4.78, 5) is 2.27. The molecule has 1 aromatic carbocycles. The molecular weight excluding hydrogens is 260 g/mol. The normalized spacial score (nSPS) is 14.7. The Hall–Kier alpha value is -0.770. The molecule has 0 heterocycles. The van der Waals surface area contributed by atoms with E-state index < -0.39 is 0 Å². The van der Waals surface area contributed by atoms with E-state index in [9.17, 15) is 0 Å². The lowest BCUT2D eigenvalue weighted by Gasteiger charge is -2.23. The number of hydrogen-bond donors (Lipinski definition) is 1. The van der Waals surface area contributed by atoms with Crippen LogP contribution in [0.15, 0.2) is 18.2 Å². The number of anilines is 1. The molecule has 19 heavy (non-hydrogen) atoms. The molecule has 0 amide bonds. The summed E-state index contributed by atoms with van der Waals surface area (Å²) in [7, 11) is 1.73. The Morgan fingerprint density at radius 3 is 2.79 bits per heavy atom. The molecule has 1 fully saturated rings. The van der Waals surface area contributed by atoms with Gasteiger partial charge in [-0.15, -0.1) is 0 Å². The molecule has 0 spiro atoms. The SMILES string of the molecule is CCN(CCOC)c1ccc(CNC2CC2)c(Cl)c1. The summed E-state index contributed by atoms with van der Waals surface area (Å²) in [5.41, 5.74) is 2.35. The van der Waals surface area contributed by atoms with Crippen molar-refractivity contribution in [3.63, 3.8) is 0 Å². The van der Waals surface area contributed by atoms with E-state index in [1.54, 1.807) is 7.11 Å². The van der Waals surface area contributed by atoms with Gasteiger partial charge in [-0.05, 0) is 37.5 Å². The Balaban J connectivity index is 1.98. The highest BCUT2D eigenvalue weighted by atomic mass is 35.5. The molecule has 1 saturated carbocycles. The summed E-state index contributed by atoms with van der Waals surface area (Å²) in [6, 6.07) is 7.05. The lowest BCUT2D eigenvalue weighted by atomic mass is 10.2. The average Bonchev–Trinajstić information content (AvgIpc) is 3.23. The van der Waals surface area contributed by atoms with Crippen LogP contribution in [0.3, 0.4) is 0 Å². The maximum absolute atomic E-state index is 6.37. The number of rotatable bonds is 8. The molecule has 0 aliphatic heterocycles. The van der Waals surface area contributed by atoms with Gasteiger partial charge in [0.2, 0.25) is 0 Å². The quantitative estimate of drug-likeness (QED) is 0.793. The van der Waals surface area contributed by atoms with Crippen molar-refractivity contribution in [3.8, 4) is 0 Å². The molecule has 1 aromatic rings. The van der Waals surface area contributed by atoms with E-state index in [1.807, 2.05) is 0 Å². The van der Waals surface area contributed by atoms with Crippen LogP contribution in [0, 0.1) is 0 Å². The van der Waals surface area contributed by atoms with E-state index in [-0.39, 0.29) is 0 Å².